The highest BCUT2D eigenvalue weighted by atomic mass is 32.2. The smallest absolute Gasteiger partial charge is 0.241 e. The molecule has 6 nitrogen and oxygen atoms in total. The minimum absolute atomic E-state index is 0.130. The summed E-state index contributed by atoms with van der Waals surface area (Å²) < 4.78 is 58.0. The third-order valence-corrected chi connectivity index (χ3v) is 5.98. The molecule has 0 aromatic heterocycles. The molecule has 1 N–H and O–H groups in total. The van der Waals surface area contributed by atoms with Gasteiger partial charge in [0.1, 0.15) is 17.9 Å². The molecular weight excluding hydrogens is 414 g/mol. The minimum atomic E-state index is -3.91. The summed E-state index contributed by atoms with van der Waals surface area (Å²) in [4.78, 5) is 12.8. The Labute approximate surface area is 174 Å². The molecule has 9 heteroatoms. The number of hydrogen-bond acceptors (Lipinski definition) is 4. The van der Waals surface area contributed by atoms with E-state index in [0.717, 1.165) is 39.9 Å². The first-order valence-corrected chi connectivity index (χ1v) is 11.2. The van der Waals surface area contributed by atoms with Crippen molar-refractivity contribution in [3.8, 4) is 5.75 Å². The van der Waals surface area contributed by atoms with E-state index in [2.05, 4.69) is 5.32 Å². The van der Waals surface area contributed by atoms with Crippen LogP contribution in [-0.4, -0.2) is 32.7 Å². The lowest BCUT2D eigenvalue weighted by molar-refractivity contribution is -0.120. The van der Waals surface area contributed by atoms with E-state index in [-0.39, 0.29) is 11.7 Å². The molecule has 1 aliphatic heterocycles. The second-order valence-electron chi connectivity index (χ2n) is 8.10. The number of fused-ring (bicyclic) bond motifs is 1. The maximum absolute atomic E-state index is 13.6. The van der Waals surface area contributed by atoms with Gasteiger partial charge in [-0.15, -0.1) is 0 Å². The average molecular weight is 438 g/mol. The van der Waals surface area contributed by atoms with Crippen LogP contribution in [0.25, 0.3) is 0 Å². The molecule has 2 aromatic carbocycles. The molecule has 1 amide bonds. The van der Waals surface area contributed by atoms with Gasteiger partial charge in [0.25, 0.3) is 0 Å². The molecular formula is C21H24F2N2O4S. The predicted molar refractivity (Wildman–Crippen MR) is 110 cm³/mol. The van der Waals surface area contributed by atoms with Crippen molar-refractivity contribution in [2.24, 2.45) is 0 Å². The van der Waals surface area contributed by atoms with E-state index in [1.54, 1.807) is 0 Å². The highest BCUT2D eigenvalue weighted by Gasteiger charge is 2.35. The fraction of sp³-hybridized carbons (Fsp3) is 0.381. The largest absolute Gasteiger partial charge is 0.487 e. The van der Waals surface area contributed by atoms with Crippen LogP contribution in [0.4, 0.5) is 14.5 Å². The third kappa shape index (κ3) is 4.89. The van der Waals surface area contributed by atoms with Gasteiger partial charge in [-0.1, -0.05) is 17.7 Å². The molecule has 1 heterocycles. The molecule has 0 radical (unpaired) electrons. The summed E-state index contributed by atoms with van der Waals surface area (Å²) in [5, 5.41) is 2.86. The standard InChI is InChI=1S/C21H24F2N2O4S/c1-13-5-8-19-15(9-13)18(11-21(2,3)29-19)24-20(26)12-25(30(4,27)28)14-6-7-16(22)17(23)10-14/h5-10,18H,11-12H2,1-4H3,(H,24,26)/t18-/m0/s1. The number of carbonyl (C=O) groups excluding carboxylic acids is 1. The Balaban J connectivity index is 1.86. The van der Waals surface area contributed by atoms with Crippen molar-refractivity contribution in [1.82, 2.24) is 5.32 Å². The van der Waals surface area contributed by atoms with Gasteiger partial charge in [-0.05, 0) is 39.0 Å². The number of rotatable bonds is 5. The molecule has 0 saturated heterocycles. The lowest BCUT2D eigenvalue weighted by atomic mass is 9.89. The van der Waals surface area contributed by atoms with E-state index in [1.807, 2.05) is 39.0 Å². The maximum Gasteiger partial charge on any atom is 0.241 e. The first-order valence-electron chi connectivity index (χ1n) is 9.37. The van der Waals surface area contributed by atoms with Gasteiger partial charge in [0.15, 0.2) is 11.6 Å². The molecule has 0 saturated carbocycles. The van der Waals surface area contributed by atoms with Crippen LogP contribution in [0.5, 0.6) is 5.75 Å². The molecule has 0 fully saturated rings. The zero-order chi connectivity index (χ0) is 22.3. The molecule has 1 atom stereocenters. The number of halogens is 2. The monoisotopic (exact) mass is 438 g/mol. The predicted octanol–water partition coefficient (Wildman–Crippen LogP) is 3.46. The van der Waals surface area contributed by atoms with Gasteiger partial charge in [0.05, 0.1) is 18.0 Å². The van der Waals surface area contributed by atoms with Gasteiger partial charge in [-0.2, -0.15) is 0 Å². The number of aryl methyl sites for hydroxylation is 1. The zero-order valence-corrected chi connectivity index (χ0v) is 18.0. The minimum Gasteiger partial charge on any atom is -0.487 e. The fourth-order valence-electron chi connectivity index (χ4n) is 3.51. The number of hydrogen-bond donors (Lipinski definition) is 1. The molecule has 2 aromatic rings. The van der Waals surface area contributed by atoms with Crippen LogP contribution in [-0.2, 0) is 14.8 Å². The SMILES string of the molecule is Cc1ccc2c(c1)[C@@H](NC(=O)CN(c1ccc(F)c(F)c1)S(C)(=O)=O)CC(C)(C)O2. The van der Waals surface area contributed by atoms with Crippen molar-refractivity contribution in [2.75, 3.05) is 17.1 Å². The van der Waals surface area contributed by atoms with Crippen molar-refractivity contribution < 1.29 is 26.7 Å². The highest BCUT2D eigenvalue weighted by Crippen LogP contribution is 2.39. The van der Waals surface area contributed by atoms with Crippen LogP contribution in [0.15, 0.2) is 36.4 Å². The number of carbonyl (C=O) groups is 1. The molecule has 0 aliphatic carbocycles. The lowest BCUT2D eigenvalue weighted by Crippen LogP contribution is -2.45. The van der Waals surface area contributed by atoms with Crippen LogP contribution < -0.4 is 14.4 Å². The Bertz CT molecular complexity index is 1090. The van der Waals surface area contributed by atoms with E-state index in [0.29, 0.717) is 12.2 Å². The summed E-state index contributed by atoms with van der Waals surface area (Å²) in [6.07, 6.45) is 1.39. The first kappa shape index (κ1) is 22.0. The number of nitrogens with one attached hydrogen (secondary N) is 1. The molecule has 1 aliphatic rings. The molecule has 0 bridgehead atoms. The van der Waals surface area contributed by atoms with Gasteiger partial charge in [0.2, 0.25) is 15.9 Å². The van der Waals surface area contributed by atoms with Gasteiger partial charge in [-0.3, -0.25) is 9.10 Å². The van der Waals surface area contributed by atoms with Crippen LogP contribution in [0.1, 0.15) is 37.4 Å². The second-order valence-corrected chi connectivity index (χ2v) is 10.0. The van der Waals surface area contributed by atoms with Crippen LogP contribution in [0, 0.1) is 18.6 Å². The number of anilines is 1. The van der Waals surface area contributed by atoms with Crippen LogP contribution >= 0.6 is 0 Å². The van der Waals surface area contributed by atoms with Gasteiger partial charge in [0, 0.05) is 18.1 Å². The van der Waals surface area contributed by atoms with Crippen molar-refractivity contribution >= 4 is 21.6 Å². The van der Waals surface area contributed by atoms with Gasteiger partial charge >= 0.3 is 0 Å². The van der Waals surface area contributed by atoms with E-state index < -0.39 is 39.7 Å². The first-order chi connectivity index (χ1) is 13.9. The molecule has 3 rings (SSSR count). The second kappa shape index (κ2) is 7.86. The lowest BCUT2D eigenvalue weighted by Gasteiger charge is -2.38. The number of sulfonamides is 1. The summed E-state index contributed by atoms with van der Waals surface area (Å²) in [7, 11) is -3.91. The summed E-state index contributed by atoms with van der Waals surface area (Å²) in [5.74, 6) is -2.21. The number of nitrogens with zero attached hydrogens (tertiary/aromatic N) is 1. The maximum atomic E-state index is 13.6. The Hall–Kier alpha value is -2.68. The number of amides is 1. The van der Waals surface area contributed by atoms with Gasteiger partial charge < -0.3 is 10.1 Å². The fourth-order valence-corrected chi connectivity index (χ4v) is 4.36. The van der Waals surface area contributed by atoms with Crippen molar-refractivity contribution in [1.29, 1.82) is 0 Å². The summed E-state index contributed by atoms with van der Waals surface area (Å²) in [5.41, 5.74) is 1.14. The van der Waals surface area contributed by atoms with E-state index in [1.165, 1.54) is 0 Å². The molecule has 0 unspecified atom stereocenters. The van der Waals surface area contributed by atoms with E-state index in [9.17, 15) is 22.0 Å². The summed E-state index contributed by atoms with van der Waals surface area (Å²) >= 11 is 0. The molecule has 30 heavy (non-hydrogen) atoms. The Kier molecular flexibility index (Phi) is 5.77. The van der Waals surface area contributed by atoms with Crippen molar-refractivity contribution in [2.45, 2.75) is 38.8 Å². The normalized spacial score (nSPS) is 17.6. The molecule has 162 valence electrons. The average Bonchev–Trinajstić information content (AvgIpc) is 2.61. The Morgan fingerprint density at radius 2 is 1.90 bits per heavy atom. The zero-order valence-electron chi connectivity index (χ0n) is 17.2. The summed E-state index contributed by atoms with van der Waals surface area (Å²) in [6.45, 7) is 5.16. The topological polar surface area (TPSA) is 75.7 Å². The number of ether oxygens (including phenoxy) is 1. The highest BCUT2D eigenvalue weighted by molar-refractivity contribution is 7.92. The van der Waals surface area contributed by atoms with Crippen LogP contribution in [0.3, 0.4) is 0 Å². The summed E-state index contributed by atoms with van der Waals surface area (Å²) in [6, 6.07) is 7.97. The van der Waals surface area contributed by atoms with Crippen LogP contribution in [0.2, 0.25) is 0 Å². The van der Waals surface area contributed by atoms with E-state index >= 15 is 0 Å². The Morgan fingerprint density at radius 3 is 2.53 bits per heavy atom. The Morgan fingerprint density at radius 1 is 1.20 bits per heavy atom. The third-order valence-electron chi connectivity index (χ3n) is 4.84. The molecule has 0 spiro atoms. The number of benzene rings is 2. The van der Waals surface area contributed by atoms with Crippen molar-refractivity contribution in [3.63, 3.8) is 0 Å². The van der Waals surface area contributed by atoms with E-state index in [4.69, 9.17) is 4.74 Å². The van der Waals surface area contributed by atoms with Crippen molar-refractivity contribution in [3.05, 3.63) is 59.2 Å². The quantitative estimate of drug-likeness (QED) is 0.776. The van der Waals surface area contributed by atoms with Gasteiger partial charge in [-0.25, -0.2) is 17.2 Å².